The van der Waals surface area contributed by atoms with E-state index in [-0.39, 0.29) is 12.5 Å². The summed E-state index contributed by atoms with van der Waals surface area (Å²) in [7, 11) is 0. The molecule has 0 aliphatic carbocycles. The molecular formula is C24H47NO3. The number of hydrogen-bond donors (Lipinski definition) is 3. The smallest absolute Gasteiger partial charge is 0.220 e. The van der Waals surface area contributed by atoms with E-state index < -0.39 is 12.1 Å². The molecule has 0 aromatic carbocycles. The van der Waals surface area contributed by atoms with Crippen LogP contribution in [0.5, 0.6) is 0 Å². The largest absolute Gasteiger partial charge is 0.394 e. The summed E-state index contributed by atoms with van der Waals surface area (Å²) in [5.74, 6) is -0.0923. The van der Waals surface area contributed by atoms with Crippen molar-refractivity contribution in [2.75, 3.05) is 6.61 Å². The molecular weight excluding hydrogens is 350 g/mol. The Kier molecular flexibility index (Phi) is 20.2. The molecule has 0 saturated heterocycles. The zero-order chi connectivity index (χ0) is 20.9. The Morgan fingerprint density at radius 2 is 1.32 bits per heavy atom. The Labute approximate surface area is 174 Å². The number of nitrogens with one attached hydrogen (secondary N) is 1. The fraction of sp³-hybridized carbons (Fsp3) is 0.875. The summed E-state index contributed by atoms with van der Waals surface area (Å²) in [6.45, 7) is 4.11. The second-order valence-corrected chi connectivity index (χ2v) is 8.06. The average Bonchev–Trinajstić information content (AvgIpc) is 2.69. The van der Waals surface area contributed by atoms with Crippen molar-refractivity contribution in [1.82, 2.24) is 5.32 Å². The number of hydrogen-bond acceptors (Lipinski definition) is 3. The molecule has 0 radical (unpaired) electrons. The standard InChI is InChI=1S/C24H47NO3/c1-3-5-7-8-9-10-11-12-13-14-15-16-18-19-23(27)22(21-26)25-24(28)20-17-6-4-2/h18-19,22-23,26-27H,3-17,20-21H2,1-2H3,(H,25,28)/b19-18+. The van der Waals surface area contributed by atoms with Gasteiger partial charge in [-0.25, -0.2) is 0 Å². The van der Waals surface area contributed by atoms with E-state index in [0.717, 1.165) is 32.1 Å². The molecule has 166 valence electrons. The predicted octanol–water partition coefficient (Wildman–Crippen LogP) is 5.66. The molecule has 0 aliphatic heterocycles. The number of aliphatic hydroxyl groups excluding tert-OH is 2. The summed E-state index contributed by atoms with van der Waals surface area (Å²) in [6, 6.07) is -0.609. The molecule has 2 unspecified atom stereocenters. The van der Waals surface area contributed by atoms with Crippen LogP contribution in [0.1, 0.15) is 117 Å². The van der Waals surface area contributed by atoms with E-state index in [0.29, 0.717) is 6.42 Å². The first-order valence-corrected chi connectivity index (χ1v) is 11.9. The number of amides is 1. The Hall–Kier alpha value is -0.870. The molecule has 3 N–H and O–H groups in total. The van der Waals surface area contributed by atoms with E-state index in [4.69, 9.17) is 0 Å². The highest BCUT2D eigenvalue weighted by Gasteiger charge is 2.17. The van der Waals surface area contributed by atoms with Gasteiger partial charge in [0.05, 0.1) is 18.8 Å². The van der Waals surface area contributed by atoms with Gasteiger partial charge in [0.25, 0.3) is 0 Å². The van der Waals surface area contributed by atoms with Crippen LogP contribution in [0, 0.1) is 0 Å². The Balaban J connectivity index is 3.66. The summed E-state index contributed by atoms with van der Waals surface area (Å²) in [5.41, 5.74) is 0. The van der Waals surface area contributed by atoms with Crippen LogP contribution in [-0.4, -0.2) is 34.9 Å². The van der Waals surface area contributed by atoms with Gasteiger partial charge in [-0.1, -0.05) is 103 Å². The van der Waals surface area contributed by atoms with Crippen LogP contribution >= 0.6 is 0 Å². The minimum absolute atomic E-state index is 0.0923. The second-order valence-electron chi connectivity index (χ2n) is 8.06. The van der Waals surface area contributed by atoms with E-state index in [1.54, 1.807) is 6.08 Å². The van der Waals surface area contributed by atoms with Crippen molar-refractivity contribution in [1.29, 1.82) is 0 Å². The van der Waals surface area contributed by atoms with Gasteiger partial charge in [0, 0.05) is 6.42 Å². The number of rotatable bonds is 20. The van der Waals surface area contributed by atoms with Gasteiger partial charge in [0.1, 0.15) is 0 Å². The van der Waals surface area contributed by atoms with Crippen molar-refractivity contribution in [3.63, 3.8) is 0 Å². The van der Waals surface area contributed by atoms with Gasteiger partial charge in [-0.05, 0) is 19.3 Å². The topological polar surface area (TPSA) is 69.6 Å². The van der Waals surface area contributed by atoms with Crippen LogP contribution in [-0.2, 0) is 4.79 Å². The number of aliphatic hydroxyl groups is 2. The highest BCUT2D eigenvalue weighted by Crippen LogP contribution is 2.12. The maximum atomic E-state index is 11.8. The maximum absolute atomic E-state index is 11.8. The van der Waals surface area contributed by atoms with Crippen LogP contribution in [0.2, 0.25) is 0 Å². The van der Waals surface area contributed by atoms with Crippen molar-refractivity contribution < 1.29 is 15.0 Å². The van der Waals surface area contributed by atoms with Crippen molar-refractivity contribution in [3.05, 3.63) is 12.2 Å². The molecule has 0 aromatic rings. The summed E-state index contributed by atoms with van der Waals surface area (Å²) in [5, 5.41) is 22.3. The molecule has 0 fully saturated rings. The third-order valence-corrected chi connectivity index (χ3v) is 5.27. The minimum Gasteiger partial charge on any atom is -0.394 e. The van der Waals surface area contributed by atoms with E-state index in [9.17, 15) is 15.0 Å². The van der Waals surface area contributed by atoms with Crippen LogP contribution in [0.15, 0.2) is 12.2 Å². The highest BCUT2D eigenvalue weighted by atomic mass is 16.3. The summed E-state index contributed by atoms with van der Waals surface area (Å²) in [6.07, 6.45) is 21.8. The highest BCUT2D eigenvalue weighted by molar-refractivity contribution is 5.76. The van der Waals surface area contributed by atoms with Crippen molar-refractivity contribution in [2.24, 2.45) is 0 Å². The molecule has 0 aromatic heterocycles. The molecule has 28 heavy (non-hydrogen) atoms. The Bertz CT molecular complexity index is 371. The van der Waals surface area contributed by atoms with Crippen LogP contribution < -0.4 is 5.32 Å². The molecule has 0 bridgehead atoms. The number of unbranched alkanes of at least 4 members (excludes halogenated alkanes) is 13. The van der Waals surface area contributed by atoms with Gasteiger partial charge < -0.3 is 15.5 Å². The van der Waals surface area contributed by atoms with Crippen LogP contribution in [0.25, 0.3) is 0 Å². The first-order chi connectivity index (χ1) is 13.7. The lowest BCUT2D eigenvalue weighted by atomic mass is 10.0. The number of carbonyl (C=O) groups excluding carboxylic acids is 1. The van der Waals surface area contributed by atoms with E-state index in [1.807, 2.05) is 6.08 Å². The van der Waals surface area contributed by atoms with Gasteiger partial charge in [-0.2, -0.15) is 0 Å². The molecule has 0 rings (SSSR count). The summed E-state index contributed by atoms with van der Waals surface area (Å²) in [4.78, 5) is 11.8. The van der Waals surface area contributed by atoms with E-state index in [2.05, 4.69) is 19.2 Å². The SMILES string of the molecule is CCCCCCCCCCCCC/C=C/C(O)C(CO)NC(=O)CCCCC. The average molecular weight is 398 g/mol. The van der Waals surface area contributed by atoms with Gasteiger partial charge in [-0.15, -0.1) is 0 Å². The fourth-order valence-corrected chi connectivity index (χ4v) is 3.35. The second kappa shape index (κ2) is 20.9. The van der Waals surface area contributed by atoms with Crippen molar-refractivity contribution in [2.45, 2.75) is 129 Å². The molecule has 4 nitrogen and oxygen atoms in total. The Morgan fingerprint density at radius 3 is 1.86 bits per heavy atom. The number of carbonyl (C=O) groups is 1. The van der Waals surface area contributed by atoms with Gasteiger partial charge in [-0.3, -0.25) is 4.79 Å². The third-order valence-electron chi connectivity index (χ3n) is 5.27. The van der Waals surface area contributed by atoms with Gasteiger partial charge in [0.2, 0.25) is 5.91 Å². The summed E-state index contributed by atoms with van der Waals surface area (Å²) >= 11 is 0. The predicted molar refractivity (Wildman–Crippen MR) is 119 cm³/mol. The number of allylic oxidation sites excluding steroid dienone is 1. The molecule has 2 atom stereocenters. The normalized spacial score (nSPS) is 13.7. The van der Waals surface area contributed by atoms with Crippen molar-refractivity contribution >= 4 is 5.91 Å². The maximum Gasteiger partial charge on any atom is 0.220 e. The fourth-order valence-electron chi connectivity index (χ4n) is 3.35. The minimum atomic E-state index is -0.826. The quantitative estimate of drug-likeness (QED) is 0.183. The van der Waals surface area contributed by atoms with Crippen LogP contribution in [0.3, 0.4) is 0 Å². The third kappa shape index (κ3) is 17.2. The Morgan fingerprint density at radius 1 is 0.821 bits per heavy atom. The molecule has 1 amide bonds. The molecule has 0 heterocycles. The molecule has 0 spiro atoms. The first-order valence-electron chi connectivity index (χ1n) is 11.9. The van der Waals surface area contributed by atoms with Gasteiger partial charge in [0.15, 0.2) is 0 Å². The van der Waals surface area contributed by atoms with Gasteiger partial charge >= 0.3 is 0 Å². The first kappa shape index (κ1) is 27.1. The lowest BCUT2D eigenvalue weighted by Crippen LogP contribution is -2.45. The molecule has 0 aliphatic rings. The van der Waals surface area contributed by atoms with E-state index >= 15 is 0 Å². The lowest BCUT2D eigenvalue weighted by molar-refractivity contribution is -0.123. The van der Waals surface area contributed by atoms with Crippen LogP contribution in [0.4, 0.5) is 0 Å². The molecule has 0 saturated carbocycles. The zero-order valence-corrected chi connectivity index (χ0v) is 18.6. The monoisotopic (exact) mass is 397 g/mol. The van der Waals surface area contributed by atoms with Crippen molar-refractivity contribution in [3.8, 4) is 0 Å². The molecule has 4 heteroatoms. The zero-order valence-electron chi connectivity index (χ0n) is 18.6. The lowest BCUT2D eigenvalue weighted by Gasteiger charge is -2.19. The summed E-state index contributed by atoms with van der Waals surface area (Å²) < 4.78 is 0. The van der Waals surface area contributed by atoms with E-state index in [1.165, 1.54) is 64.2 Å².